The van der Waals surface area contributed by atoms with Crippen LogP contribution in [0.5, 0.6) is 0 Å². The predicted molar refractivity (Wildman–Crippen MR) is 86.6 cm³/mol. The summed E-state index contributed by atoms with van der Waals surface area (Å²) in [5.74, 6) is -0.280. The molecule has 2 rings (SSSR count). The average Bonchev–Trinajstić information content (AvgIpc) is 2.81. The Kier molecular flexibility index (Phi) is 6.38. The van der Waals surface area contributed by atoms with E-state index in [9.17, 15) is 14.0 Å². The molecule has 0 unspecified atom stereocenters. The first kappa shape index (κ1) is 17.2. The van der Waals surface area contributed by atoms with Gasteiger partial charge in [0.15, 0.2) is 0 Å². The molecule has 0 saturated carbocycles. The Labute approximate surface area is 136 Å². The zero-order valence-electron chi connectivity index (χ0n) is 13.6. The molecule has 0 aromatic heterocycles. The number of hydrogen-bond acceptors (Lipinski definition) is 2. The van der Waals surface area contributed by atoms with Gasteiger partial charge in [-0.1, -0.05) is 19.1 Å². The fourth-order valence-corrected chi connectivity index (χ4v) is 2.60. The number of halogens is 1. The molecule has 1 fully saturated rings. The maximum atomic E-state index is 12.9. The summed E-state index contributed by atoms with van der Waals surface area (Å²) >= 11 is 0. The molecule has 0 aliphatic carbocycles. The first-order valence-electron chi connectivity index (χ1n) is 8.15. The van der Waals surface area contributed by atoms with Crippen molar-refractivity contribution in [2.24, 2.45) is 0 Å². The second-order valence-corrected chi connectivity index (χ2v) is 5.76. The van der Waals surface area contributed by atoms with Crippen LogP contribution in [0.3, 0.4) is 0 Å². The lowest BCUT2D eigenvalue weighted by Gasteiger charge is -2.22. The number of urea groups is 1. The molecule has 1 saturated heterocycles. The third-order valence-corrected chi connectivity index (χ3v) is 3.93. The van der Waals surface area contributed by atoms with Crippen molar-refractivity contribution in [3.8, 4) is 0 Å². The van der Waals surface area contributed by atoms with Crippen LogP contribution >= 0.6 is 0 Å². The first-order chi connectivity index (χ1) is 11.1. The van der Waals surface area contributed by atoms with Crippen molar-refractivity contribution in [3.05, 3.63) is 35.6 Å². The maximum Gasteiger partial charge on any atom is 0.317 e. The van der Waals surface area contributed by atoms with Crippen LogP contribution in [0.25, 0.3) is 0 Å². The number of nitrogens with zero attached hydrogens (tertiary/aromatic N) is 2. The molecule has 3 amide bonds. The highest BCUT2D eigenvalue weighted by atomic mass is 19.1. The van der Waals surface area contributed by atoms with Crippen molar-refractivity contribution in [3.63, 3.8) is 0 Å². The average molecular weight is 321 g/mol. The summed E-state index contributed by atoms with van der Waals surface area (Å²) in [5.41, 5.74) is 0.804. The third kappa shape index (κ3) is 5.23. The van der Waals surface area contributed by atoms with Gasteiger partial charge in [0.05, 0.1) is 6.42 Å². The van der Waals surface area contributed by atoms with E-state index in [1.165, 1.54) is 12.1 Å². The largest absolute Gasteiger partial charge is 0.341 e. The summed E-state index contributed by atoms with van der Waals surface area (Å²) in [6.45, 7) is 5.08. The lowest BCUT2D eigenvalue weighted by molar-refractivity contribution is -0.130. The third-order valence-electron chi connectivity index (χ3n) is 3.93. The molecule has 1 aromatic carbocycles. The van der Waals surface area contributed by atoms with Crippen LogP contribution in [-0.4, -0.2) is 54.5 Å². The lowest BCUT2D eigenvalue weighted by Crippen LogP contribution is -2.43. The van der Waals surface area contributed by atoms with Gasteiger partial charge in [0.1, 0.15) is 5.82 Å². The van der Waals surface area contributed by atoms with Gasteiger partial charge < -0.3 is 15.1 Å². The number of carbonyl (C=O) groups excluding carboxylic acids is 2. The summed E-state index contributed by atoms with van der Waals surface area (Å²) in [7, 11) is 0. The lowest BCUT2D eigenvalue weighted by atomic mass is 10.1. The van der Waals surface area contributed by atoms with Crippen molar-refractivity contribution >= 4 is 11.9 Å². The summed E-state index contributed by atoms with van der Waals surface area (Å²) < 4.78 is 12.9. The molecule has 1 aliphatic heterocycles. The minimum atomic E-state index is -0.301. The predicted octanol–water partition coefficient (Wildman–Crippen LogP) is 2.02. The summed E-state index contributed by atoms with van der Waals surface area (Å²) in [6.07, 6.45) is 1.94. The van der Waals surface area contributed by atoms with Gasteiger partial charge in [0, 0.05) is 32.7 Å². The van der Waals surface area contributed by atoms with Crippen LogP contribution in [0.15, 0.2) is 24.3 Å². The fraction of sp³-hybridized carbons (Fsp3) is 0.529. The Bertz CT molecular complexity index is 533. The van der Waals surface area contributed by atoms with E-state index < -0.39 is 0 Å². The van der Waals surface area contributed by atoms with Crippen molar-refractivity contribution in [1.29, 1.82) is 0 Å². The molecule has 6 heteroatoms. The summed E-state index contributed by atoms with van der Waals surface area (Å²) in [4.78, 5) is 27.9. The molecule has 1 N–H and O–H groups in total. The Morgan fingerprint density at radius 1 is 1.09 bits per heavy atom. The van der Waals surface area contributed by atoms with E-state index in [1.807, 2.05) is 6.92 Å². The first-order valence-corrected chi connectivity index (χ1v) is 8.15. The second kappa shape index (κ2) is 8.50. The standard InChI is InChI=1S/C17H24FN3O2/c1-2-8-19-17(23)21-10-3-9-20(11-12-21)16(22)13-14-4-6-15(18)7-5-14/h4-7H,2-3,8-13H2,1H3,(H,19,23). The van der Waals surface area contributed by atoms with E-state index >= 15 is 0 Å². The second-order valence-electron chi connectivity index (χ2n) is 5.76. The highest BCUT2D eigenvalue weighted by Crippen LogP contribution is 2.09. The molecule has 0 bridgehead atoms. The van der Waals surface area contributed by atoms with Crippen LogP contribution in [0.1, 0.15) is 25.3 Å². The number of rotatable bonds is 4. The van der Waals surface area contributed by atoms with Gasteiger partial charge >= 0.3 is 6.03 Å². The number of benzene rings is 1. The highest BCUT2D eigenvalue weighted by molar-refractivity contribution is 5.79. The van der Waals surface area contributed by atoms with E-state index in [0.29, 0.717) is 32.7 Å². The van der Waals surface area contributed by atoms with E-state index in [2.05, 4.69) is 5.32 Å². The molecule has 0 radical (unpaired) electrons. The van der Waals surface area contributed by atoms with Crippen LogP contribution in [0.4, 0.5) is 9.18 Å². The topological polar surface area (TPSA) is 52.7 Å². The van der Waals surface area contributed by atoms with Gasteiger partial charge in [-0.2, -0.15) is 0 Å². The number of amides is 3. The van der Waals surface area contributed by atoms with Crippen LogP contribution in [0.2, 0.25) is 0 Å². The fourth-order valence-electron chi connectivity index (χ4n) is 2.60. The highest BCUT2D eigenvalue weighted by Gasteiger charge is 2.21. The molecule has 0 spiro atoms. The van der Waals surface area contributed by atoms with Gasteiger partial charge in [-0.15, -0.1) is 0 Å². The van der Waals surface area contributed by atoms with E-state index in [0.717, 1.165) is 18.4 Å². The molecule has 5 nitrogen and oxygen atoms in total. The van der Waals surface area contributed by atoms with Crippen molar-refractivity contribution in [2.75, 3.05) is 32.7 Å². The quantitative estimate of drug-likeness (QED) is 0.922. The van der Waals surface area contributed by atoms with Gasteiger partial charge in [-0.25, -0.2) is 9.18 Å². The molecule has 23 heavy (non-hydrogen) atoms. The van der Waals surface area contributed by atoms with Crippen LogP contribution in [0, 0.1) is 5.82 Å². The zero-order chi connectivity index (χ0) is 16.7. The summed E-state index contributed by atoms with van der Waals surface area (Å²) in [5, 5.41) is 2.87. The summed E-state index contributed by atoms with van der Waals surface area (Å²) in [6, 6.07) is 5.94. The Balaban J connectivity index is 1.85. The normalized spacial score (nSPS) is 15.2. The minimum Gasteiger partial charge on any atom is -0.341 e. The van der Waals surface area contributed by atoms with Gasteiger partial charge in [-0.05, 0) is 30.5 Å². The number of hydrogen-bond donors (Lipinski definition) is 1. The molecular formula is C17H24FN3O2. The van der Waals surface area contributed by atoms with E-state index in [-0.39, 0.29) is 24.2 Å². The monoisotopic (exact) mass is 321 g/mol. The van der Waals surface area contributed by atoms with Crippen molar-refractivity contribution in [1.82, 2.24) is 15.1 Å². The maximum absolute atomic E-state index is 12.9. The number of nitrogens with one attached hydrogen (secondary N) is 1. The van der Waals surface area contributed by atoms with E-state index in [1.54, 1.807) is 21.9 Å². The molecule has 126 valence electrons. The SMILES string of the molecule is CCCNC(=O)N1CCCN(C(=O)Cc2ccc(F)cc2)CC1. The van der Waals surface area contributed by atoms with E-state index in [4.69, 9.17) is 0 Å². The zero-order valence-corrected chi connectivity index (χ0v) is 13.6. The minimum absolute atomic E-state index is 0.0208. The molecule has 1 heterocycles. The molecular weight excluding hydrogens is 297 g/mol. The van der Waals surface area contributed by atoms with Crippen LogP contribution in [-0.2, 0) is 11.2 Å². The van der Waals surface area contributed by atoms with Gasteiger partial charge in [0.2, 0.25) is 5.91 Å². The molecule has 0 atom stereocenters. The molecule has 1 aromatic rings. The van der Waals surface area contributed by atoms with Crippen LogP contribution < -0.4 is 5.32 Å². The Hall–Kier alpha value is -2.11. The molecule has 1 aliphatic rings. The number of carbonyl (C=O) groups is 2. The Morgan fingerprint density at radius 3 is 2.43 bits per heavy atom. The van der Waals surface area contributed by atoms with Gasteiger partial charge in [-0.3, -0.25) is 4.79 Å². The Morgan fingerprint density at radius 2 is 1.74 bits per heavy atom. The smallest absolute Gasteiger partial charge is 0.317 e. The van der Waals surface area contributed by atoms with Crippen molar-refractivity contribution in [2.45, 2.75) is 26.2 Å². The van der Waals surface area contributed by atoms with Gasteiger partial charge in [0.25, 0.3) is 0 Å². The van der Waals surface area contributed by atoms with Crippen molar-refractivity contribution < 1.29 is 14.0 Å².